The predicted octanol–water partition coefficient (Wildman–Crippen LogP) is 2.29. The number of hydrogen-bond donors (Lipinski definition) is 0. The molecule has 0 aliphatic heterocycles. The molecule has 9 heavy (non-hydrogen) atoms. The highest BCUT2D eigenvalue weighted by Gasteiger charge is 2.04. The van der Waals surface area contributed by atoms with E-state index in [9.17, 15) is 0 Å². The standard InChI is InChI=1S/C7H15ClO/c1-6(2)7(3)9-5-4-8/h6-7H,4-5H2,1-3H3. The maximum Gasteiger partial charge on any atom is 0.0605 e. The van der Waals surface area contributed by atoms with E-state index in [1.54, 1.807) is 0 Å². The lowest BCUT2D eigenvalue weighted by atomic mass is 10.1. The smallest absolute Gasteiger partial charge is 0.0605 e. The van der Waals surface area contributed by atoms with Gasteiger partial charge in [0.05, 0.1) is 12.7 Å². The molecule has 0 N–H and O–H groups in total. The zero-order valence-electron chi connectivity index (χ0n) is 6.36. The molecule has 0 spiro atoms. The van der Waals surface area contributed by atoms with E-state index in [4.69, 9.17) is 16.3 Å². The van der Waals surface area contributed by atoms with Crippen LogP contribution < -0.4 is 0 Å². The molecule has 2 heteroatoms. The van der Waals surface area contributed by atoms with Crippen molar-refractivity contribution in [2.45, 2.75) is 26.9 Å². The van der Waals surface area contributed by atoms with Crippen LogP contribution in [0.15, 0.2) is 0 Å². The molecule has 1 unspecified atom stereocenters. The van der Waals surface area contributed by atoms with Gasteiger partial charge in [0.2, 0.25) is 0 Å². The number of ether oxygens (including phenoxy) is 1. The Hall–Kier alpha value is 0.250. The second kappa shape index (κ2) is 5.07. The fraction of sp³-hybridized carbons (Fsp3) is 1.00. The summed E-state index contributed by atoms with van der Waals surface area (Å²) in [6.07, 6.45) is 0.337. The molecule has 0 aliphatic carbocycles. The molecule has 0 saturated carbocycles. The summed E-state index contributed by atoms with van der Waals surface area (Å²) in [6.45, 7) is 7.01. The molecule has 0 saturated heterocycles. The molecule has 0 heterocycles. The lowest BCUT2D eigenvalue weighted by molar-refractivity contribution is 0.0456. The van der Waals surface area contributed by atoms with Crippen LogP contribution in [0.5, 0.6) is 0 Å². The van der Waals surface area contributed by atoms with Crippen LogP contribution in [0.1, 0.15) is 20.8 Å². The molecule has 0 rings (SSSR count). The van der Waals surface area contributed by atoms with E-state index in [0.717, 1.165) is 0 Å². The zero-order valence-corrected chi connectivity index (χ0v) is 7.11. The fourth-order valence-electron chi connectivity index (χ4n) is 0.423. The van der Waals surface area contributed by atoms with Crippen LogP contribution in [0, 0.1) is 5.92 Å². The third-order valence-electron chi connectivity index (χ3n) is 1.40. The Morgan fingerprint density at radius 1 is 1.33 bits per heavy atom. The summed E-state index contributed by atoms with van der Waals surface area (Å²) >= 11 is 5.43. The Balaban J connectivity index is 3.16. The van der Waals surface area contributed by atoms with Crippen molar-refractivity contribution in [1.29, 1.82) is 0 Å². The molecule has 0 aliphatic rings. The van der Waals surface area contributed by atoms with Crippen LogP contribution in [-0.2, 0) is 4.74 Å². The van der Waals surface area contributed by atoms with Gasteiger partial charge in [0.15, 0.2) is 0 Å². The average Bonchev–Trinajstić information content (AvgIpc) is 1.82. The summed E-state index contributed by atoms with van der Waals surface area (Å²) in [5.74, 6) is 1.19. The van der Waals surface area contributed by atoms with Crippen molar-refractivity contribution in [2.75, 3.05) is 12.5 Å². The SMILES string of the molecule is CC(C)C(C)OCCCl. The molecule has 1 atom stereocenters. The fourth-order valence-corrected chi connectivity index (χ4v) is 0.512. The van der Waals surface area contributed by atoms with E-state index in [-0.39, 0.29) is 0 Å². The normalized spacial score (nSPS) is 14.3. The Labute approximate surface area is 62.3 Å². The summed E-state index contributed by atoms with van der Waals surface area (Å²) < 4.78 is 5.32. The molecular weight excluding hydrogens is 136 g/mol. The molecule has 56 valence electrons. The average molecular weight is 151 g/mol. The molecule has 0 fully saturated rings. The number of rotatable bonds is 4. The Bertz CT molecular complexity index is 63.9. The topological polar surface area (TPSA) is 9.23 Å². The summed E-state index contributed by atoms with van der Waals surface area (Å²) in [4.78, 5) is 0. The third kappa shape index (κ3) is 4.73. The van der Waals surface area contributed by atoms with Gasteiger partial charge >= 0.3 is 0 Å². The quantitative estimate of drug-likeness (QED) is 0.559. The van der Waals surface area contributed by atoms with Crippen LogP contribution >= 0.6 is 11.6 Å². The second-order valence-corrected chi connectivity index (χ2v) is 2.89. The van der Waals surface area contributed by atoms with Gasteiger partial charge in [-0.3, -0.25) is 0 Å². The van der Waals surface area contributed by atoms with Crippen molar-refractivity contribution < 1.29 is 4.74 Å². The predicted molar refractivity (Wildman–Crippen MR) is 41.0 cm³/mol. The molecular formula is C7H15ClO. The van der Waals surface area contributed by atoms with E-state index in [1.807, 2.05) is 0 Å². The molecule has 0 amide bonds. The van der Waals surface area contributed by atoms with E-state index in [0.29, 0.717) is 24.5 Å². The number of halogens is 1. The minimum Gasteiger partial charge on any atom is -0.377 e. The molecule has 0 aromatic heterocycles. The molecule has 1 nitrogen and oxygen atoms in total. The minimum atomic E-state index is 0.337. The number of alkyl halides is 1. The maximum absolute atomic E-state index is 5.43. The van der Waals surface area contributed by atoms with Gasteiger partial charge in [-0.2, -0.15) is 0 Å². The van der Waals surface area contributed by atoms with Gasteiger partial charge in [-0.25, -0.2) is 0 Å². The van der Waals surface area contributed by atoms with Crippen LogP contribution in [0.2, 0.25) is 0 Å². The first-order valence-electron chi connectivity index (χ1n) is 3.36. The lowest BCUT2D eigenvalue weighted by Crippen LogP contribution is -2.16. The first-order valence-corrected chi connectivity index (χ1v) is 3.89. The highest BCUT2D eigenvalue weighted by molar-refractivity contribution is 6.17. The van der Waals surface area contributed by atoms with Gasteiger partial charge in [0.25, 0.3) is 0 Å². The molecule has 0 aromatic rings. The zero-order chi connectivity index (χ0) is 7.28. The largest absolute Gasteiger partial charge is 0.377 e. The van der Waals surface area contributed by atoms with Gasteiger partial charge in [-0.15, -0.1) is 11.6 Å². The monoisotopic (exact) mass is 150 g/mol. The molecule has 0 radical (unpaired) electrons. The van der Waals surface area contributed by atoms with Crippen molar-refractivity contribution in [2.24, 2.45) is 5.92 Å². The molecule has 0 bridgehead atoms. The lowest BCUT2D eigenvalue weighted by Gasteiger charge is -2.14. The van der Waals surface area contributed by atoms with Gasteiger partial charge in [0.1, 0.15) is 0 Å². The van der Waals surface area contributed by atoms with Crippen molar-refractivity contribution in [3.05, 3.63) is 0 Å². The van der Waals surface area contributed by atoms with Crippen LogP contribution in [0.3, 0.4) is 0 Å². The second-order valence-electron chi connectivity index (χ2n) is 2.51. The summed E-state index contributed by atoms with van der Waals surface area (Å²) in [6, 6.07) is 0. The minimum absolute atomic E-state index is 0.337. The maximum atomic E-state index is 5.43. The van der Waals surface area contributed by atoms with Gasteiger partial charge in [-0.1, -0.05) is 13.8 Å². The van der Waals surface area contributed by atoms with Gasteiger partial charge in [0, 0.05) is 5.88 Å². The van der Waals surface area contributed by atoms with Crippen LogP contribution in [0.4, 0.5) is 0 Å². The Kier molecular flexibility index (Phi) is 5.21. The highest BCUT2D eigenvalue weighted by Crippen LogP contribution is 2.04. The third-order valence-corrected chi connectivity index (χ3v) is 1.55. The van der Waals surface area contributed by atoms with E-state index in [2.05, 4.69) is 20.8 Å². The Morgan fingerprint density at radius 3 is 2.22 bits per heavy atom. The van der Waals surface area contributed by atoms with E-state index < -0.39 is 0 Å². The van der Waals surface area contributed by atoms with Crippen LogP contribution in [0.25, 0.3) is 0 Å². The molecule has 0 aromatic carbocycles. The van der Waals surface area contributed by atoms with Crippen molar-refractivity contribution in [3.8, 4) is 0 Å². The van der Waals surface area contributed by atoms with Crippen molar-refractivity contribution >= 4 is 11.6 Å². The van der Waals surface area contributed by atoms with Crippen molar-refractivity contribution in [3.63, 3.8) is 0 Å². The summed E-state index contributed by atoms with van der Waals surface area (Å²) in [5, 5.41) is 0. The highest BCUT2D eigenvalue weighted by atomic mass is 35.5. The number of hydrogen-bond acceptors (Lipinski definition) is 1. The summed E-state index contributed by atoms with van der Waals surface area (Å²) in [7, 11) is 0. The van der Waals surface area contributed by atoms with E-state index in [1.165, 1.54) is 0 Å². The first-order chi connectivity index (χ1) is 4.18. The summed E-state index contributed by atoms with van der Waals surface area (Å²) in [5.41, 5.74) is 0. The Morgan fingerprint density at radius 2 is 1.89 bits per heavy atom. The van der Waals surface area contributed by atoms with E-state index >= 15 is 0 Å². The first kappa shape index (κ1) is 9.25. The van der Waals surface area contributed by atoms with Gasteiger partial charge in [-0.05, 0) is 12.8 Å². The van der Waals surface area contributed by atoms with Crippen molar-refractivity contribution in [1.82, 2.24) is 0 Å². The van der Waals surface area contributed by atoms with Gasteiger partial charge < -0.3 is 4.74 Å². The van der Waals surface area contributed by atoms with Crippen LogP contribution in [-0.4, -0.2) is 18.6 Å².